The van der Waals surface area contributed by atoms with Crippen LogP contribution in [0.25, 0.3) is 0 Å². The van der Waals surface area contributed by atoms with Gasteiger partial charge in [-0.25, -0.2) is 0 Å². The summed E-state index contributed by atoms with van der Waals surface area (Å²) in [6.07, 6.45) is 2.51. The molecular weight excluding hydrogens is 128 g/mol. The zero-order valence-corrected chi connectivity index (χ0v) is 6.33. The van der Waals surface area contributed by atoms with Gasteiger partial charge in [0, 0.05) is 19.3 Å². The van der Waals surface area contributed by atoms with Crippen molar-refractivity contribution in [2.24, 2.45) is 7.05 Å². The van der Waals surface area contributed by atoms with E-state index >= 15 is 0 Å². The predicted octanol–water partition coefficient (Wildman–Crippen LogP) is 0.263. The van der Waals surface area contributed by atoms with Gasteiger partial charge in [0.15, 0.2) is 0 Å². The molecule has 0 aliphatic heterocycles. The van der Waals surface area contributed by atoms with E-state index in [9.17, 15) is 0 Å². The topological polar surface area (TPSA) is 38.1 Å². The van der Waals surface area contributed by atoms with Crippen molar-refractivity contribution in [2.45, 2.75) is 13.3 Å². The second-order valence-corrected chi connectivity index (χ2v) is 2.35. The fourth-order valence-electron chi connectivity index (χ4n) is 0.910. The summed E-state index contributed by atoms with van der Waals surface area (Å²) in [6, 6.07) is 0. The Bertz CT molecular complexity index is 217. The average molecular weight is 140 g/mol. The van der Waals surface area contributed by atoms with Crippen molar-refractivity contribution < 1.29 is 5.11 Å². The van der Waals surface area contributed by atoms with Gasteiger partial charge in [-0.1, -0.05) is 0 Å². The molecule has 0 aliphatic carbocycles. The van der Waals surface area contributed by atoms with Crippen LogP contribution in [0.1, 0.15) is 11.3 Å². The molecule has 3 nitrogen and oxygen atoms in total. The Morgan fingerprint density at radius 2 is 2.40 bits per heavy atom. The van der Waals surface area contributed by atoms with Crippen molar-refractivity contribution in [3.05, 3.63) is 17.5 Å². The van der Waals surface area contributed by atoms with Gasteiger partial charge in [-0.15, -0.1) is 0 Å². The molecule has 0 fully saturated rings. The lowest BCUT2D eigenvalue weighted by Gasteiger charge is -1.95. The van der Waals surface area contributed by atoms with Crippen LogP contribution in [0, 0.1) is 6.92 Å². The molecule has 0 saturated heterocycles. The SMILES string of the molecule is Cc1c(CCO)cnn1C. The molecule has 0 unspecified atom stereocenters. The van der Waals surface area contributed by atoms with Crippen LogP contribution >= 0.6 is 0 Å². The largest absolute Gasteiger partial charge is 0.396 e. The first-order chi connectivity index (χ1) is 4.75. The second kappa shape index (κ2) is 2.84. The molecule has 0 amide bonds. The summed E-state index contributed by atoms with van der Waals surface area (Å²) in [6.45, 7) is 2.20. The third-order valence-corrected chi connectivity index (χ3v) is 1.72. The van der Waals surface area contributed by atoms with Crippen LogP contribution in [-0.2, 0) is 13.5 Å². The fraction of sp³-hybridized carbons (Fsp3) is 0.571. The van der Waals surface area contributed by atoms with Gasteiger partial charge in [0.25, 0.3) is 0 Å². The maximum Gasteiger partial charge on any atom is 0.0525 e. The molecular formula is C7H12N2O. The smallest absolute Gasteiger partial charge is 0.0525 e. The quantitative estimate of drug-likeness (QED) is 0.640. The summed E-state index contributed by atoms with van der Waals surface area (Å²) in [5.74, 6) is 0. The normalized spacial score (nSPS) is 10.3. The molecule has 1 N–H and O–H groups in total. The Balaban J connectivity index is 2.83. The molecule has 56 valence electrons. The average Bonchev–Trinajstić information content (AvgIpc) is 2.20. The lowest BCUT2D eigenvalue weighted by Crippen LogP contribution is -1.95. The maximum atomic E-state index is 8.62. The maximum absolute atomic E-state index is 8.62. The summed E-state index contributed by atoms with van der Waals surface area (Å²) in [5, 5.41) is 12.7. The lowest BCUT2D eigenvalue weighted by molar-refractivity contribution is 0.299. The summed E-state index contributed by atoms with van der Waals surface area (Å²) >= 11 is 0. The van der Waals surface area contributed by atoms with E-state index in [-0.39, 0.29) is 6.61 Å². The Labute approximate surface area is 60.3 Å². The molecule has 10 heavy (non-hydrogen) atoms. The van der Waals surface area contributed by atoms with Crippen molar-refractivity contribution >= 4 is 0 Å². The molecule has 0 aromatic carbocycles. The molecule has 0 atom stereocenters. The van der Waals surface area contributed by atoms with Crippen LogP contribution < -0.4 is 0 Å². The van der Waals surface area contributed by atoms with Gasteiger partial charge in [0.2, 0.25) is 0 Å². The Kier molecular flexibility index (Phi) is 2.06. The van der Waals surface area contributed by atoms with Crippen molar-refractivity contribution in [3.63, 3.8) is 0 Å². The molecule has 1 heterocycles. The highest BCUT2D eigenvalue weighted by molar-refractivity contribution is 5.15. The molecule has 0 radical (unpaired) electrons. The third-order valence-electron chi connectivity index (χ3n) is 1.72. The number of nitrogens with zero attached hydrogens (tertiary/aromatic N) is 2. The van der Waals surface area contributed by atoms with Crippen molar-refractivity contribution in [3.8, 4) is 0 Å². The molecule has 3 heteroatoms. The van der Waals surface area contributed by atoms with Crippen molar-refractivity contribution in [1.82, 2.24) is 9.78 Å². The van der Waals surface area contributed by atoms with Crippen LogP contribution in [0.4, 0.5) is 0 Å². The Morgan fingerprint density at radius 3 is 2.80 bits per heavy atom. The number of aliphatic hydroxyl groups is 1. The van der Waals surface area contributed by atoms with Crippen LogP contribution in [0.5, 0.6) is 0 Å². The number of aliphatic hydroxyl groups excluding tert-OH is 1. The first-order valence-corrected chi connectivity index (χ1v) is 3.34. The third kappa shape index (κ3) is 1.19. The first-order valence-electron chi connectivity index (χ1n) is 3.34. The minimum atomic E-state index is 0.201. The number of aromatic nitrogens is 2. The minimum absolute atomic E-state index is 0.201. The first kappa shape index (κ1) is 7.28. The van der Waals surface area contributed by atoms with Gasteiger partial charge in [-0.2, -0.15) is 5.10 Å². The Hall–Kier alpha value is -0.830. The van der Waals surface area contributed by atoms with Gasteiger partial charge in [0.05, 0.1) is 6.20 Å². The van der Waals surface area contributed by atoms with Gasteiger partial charge >= 0.3 is 0 Å². The van der Waals surface area contributed by atoms with Crippen molar-refractivity contribution in [2.75, 3.05) is 6.61 Å². The molecule has 0 saturated carbocycles. The number of hydrogen-bond donors (Lipinski definition) is 1. The van der Waals surface area contributed by atoms with Crippen LogP contribution in [0.2, 0.25) is 0 Å². The summed E-state index contributed by atoms with van der Waals surface area (Å²) < 4.78 is 1.81. The van der Waals surface area contributed by atoms with Gasteiger partial charge in [-0.05, 0) is 18.9 Å². The van der Waals surface area contributed by atoms with Gasteiger partial charge < -0.3 is 5.11 Å². The van der Waals surface area contributed by atoms with E-state index in [1.807, 2.05) is 18.7 Å². The molecule has 0 spiro atoms. The van der Waals surface area contributed by atoms with E-state index in [2.05, 4.69) is 5.10 Å². The zero-order valence-electron chi connectivity index (χ0n) is 6.33. The molecule has 0 aliphatic rings. The number of aryl methyl sites for hydroxylation is 1. The van der Waals surface area contributed by atoms with E-state index < -0.39 is 0 Å². The molecule has 1 aromatic rings. The Morgan fingerprint density at radius 1 is 1.70 bits per heavy atom. The van der Waals surface area contributed by atoms with Crippen LogP contribution in [-0.4, -0.2) is 21.5 Å². The van der Waals surface area contributed by atoms with Crippen molar-refractivity contribution in [1.29, 1.82) is 0 Å². The van der Waals surface area contributed by atoms with Gasteiger partial charge in [-0.3, -0.25) is 4.68 Å². The summed E-state index contributed by atoms with van der Waals surface area (Å²) in [5.41, 5.74) is 2.26. The van der Waals surface area contributed by atoms with E-state index in [4.69, 9.17) is 5.11 Å². The monoisotopic (exact) mass is 140 g/mol. The zero-order chi connectivity index (χ0) is 7.56. The lowest BCUT2D eigenvalue weighted by atomic mass is 10.2. The van der Waals surface area contributed by atoms with E-state index in [1.54, 1.807) is 6.20 Å². The molecule has 0 bridgehead atoms. The molecule has 1 rings (SSSR count). The van der Waals surface area contributed by atoms with E-state index in [1.165, 1.54) is 0 Å². The van der Waals surface area contributed by atoms with Crippen LogP contribution in [0.15, 0.2) is 6.20 Å². The summed E-state index contributed by atoms with van der Waals surface area (Å²) in [7, 11) is 1.90. The second-order valence-electron chi connectivity index (χ2n) is 2.35. The minimum Gasteiger partial charge on any atom is -0.396 e. The predicted molar refractivity (Wildman–Crippen MR) is 38.7 cm³/mol. The van der Waals surface area contributed by atoms with E-state index in [0.29, 0.717) is 6.42 Å². The van der Waals surface area contributed by atoms with Gasteiger partial charge in [0.1, 0.15) is 0 Å². The number of hydrogen-bond acceptors (Lipinski definition) is 2. The highest BCUT2D eigenvalue weighted by Crippen LogP contribution is 2.04. The van der Waals surface area contributed by atoms with E-state index in [0.717, 1.165) is 11.3 Å². The summed E-state index contributed by atoms with van der Waals surface area (Å²) in [4.78, 5) is 0. The highest BCUT2D eigenvalue weighted by atomic mass is 16.2. The highest BCUT2D eigenvalue weighted by Gasteiger charge is 2.00. The van der Waals surface area contributed by atoms with Crippen LogP contribution in [0.3, 0.4) is 0 Å². The molecule has 1 aromatic heterocycles. The number of rotatable bonds is 2. The standard InChI is InChI=1S/C7H12N2O/c1-6-7(3-4-10)5-8-9(6)2/h5,10H,3-4H2,1-2H3. The fourth-order valence-corrected chi connectivity index (χ4v) is 0.910.